The molecule has 8 heteroatoms. The predicted octanol–water partition coefficient (Wildman–Crippen LogP) is 5.64. The first-order valence-corrected chi connectivity index (χ1v) is 13.3. The summed E-state index contributed by atoms with van der Waals surface area (Å²) in [6.07, 6.45) is 1.66. The van der Waals surface area contributed by atoms with Crippen molar-refractivity contribution in [3.63, 3.8) is 0 Å². The van der Waals surface area contributed by atoms with Gasteiger partial charge >= 0.3 is 0 Å². The van der Waals surface area contributed by atoms with Crippen molar-refractivity contribution in [3.05, 3.63) is 65.4 Å². The molecule has 3 N–H and O–H groups in total. The van der Waals surface area contributed by atoms with E-state index in [2.05, 4.69) is 28.6 Å². The van der Waals surface area contributed by atoms with E-state index < -0.39 is 23.5 Å². The van der Waals surface area contributed by atoms with Crippen LogP contribution in [0.3, 0.4) is 0 Å². The van der Waals surface area contributed by atoms with Gasteiger partial charge in [-0.2, -0.15) is 0 Å². The molecule has 2 atom stereocenters. The predicted molar refractivity (Wildman–Crippen MR) is 149 cm³/mol. The number of aromatic nitrogens is 1. The van der Waals surface area contributed by atoms with Gasteiger partial charge in [0.1, 0.15) is 24.5 Å². The van der Waals surface area contributed by atoms with E-state index in [0.29, 0.717) is 24.6 Å². The molecule has 37 heavy (non-hydrogen) atoms. The van der Waals surface area contributed by atoms with Crippen LogP contribution in [0.1, 0.15) is 57.2 Å². The quantitative estimate of drug-likeness (QED) is 0.319. The Morgan fingerprint density at radius 1 is 1.11 bits per heavy atom. The number of thiazole rings is 1. The minimum atomic E-state index is -1.21. The van der Waals surface area contributed by atoms with Crippen molar-refractivity contribution in [1.29, 1.82) is 0 Å². The van der Waals surface area contributed by atoms with Crippen LogP contribution in [0, 0.1) is 19.3 Å². The Balaban J connectivity index is 1.71. The average Bonchev–Trinajstić information content (AvgIpc) is 3.30. The standard InChI is InChI=1S/C29H37N3O4S/c1-7-10-22(31-27(35)25(33)29(4,5)6)26(34)32-28-30-16-24(37-28)21-12-9-8-11-20(21)17-36-23-14-13-18(2)15-19(23)3/h8-9,11-16,22,25,33H,7,10,17H2,1-6H3,(H,31,35)(H,30,32,34)/t22-,25+/m0/s1. The Bertz CT molecular complexity index is 1230. The van der Waals surface area contributed by atoms with E-state index in [0.717, 1.165) is 27.3 Å². The Labute approximate surface area is 223 Å². The molecule has 198 valence electrons. The zero-order valence-corrected chi connectivity index (χ0v) is 23.2. The van der Waals surface area contributed by atoms with Crippen LogP contribution in [0.25, 0.3) is 10.4 Å². The molecule has 0 radical (unpaired) electrons. The molecule has 7 nitrogen and oxygen atoms in total. The number of anilines is 1. The lowest BCUT2D eigenvalue weighted by Crippen LogP contribution is -2.50. The van der Waals surface area contributed by atoms with Crippen molar-refractivity contribution in [2.45, 2.75) is 73.1 Å². The fraction of sp³-hybridized carbons (Fsp3) is 0.414. The fourth-order valence-electron chi connectivity index (χ4n) is 3.85. The van der Waals surface area contributed by atoms with Crippen molar-refractivity contribution >= 4 is 28.3 Å². The van der Waals surface area contributed by atoms with E-state index in [-0.39, 0.29) is 5.91 Å². The second-order valence-electron chi connectivity index (χ2n) is 10.4. The summed E-state index contributed by atoms with van der Waals surface area (Å²) in [5.74, 6) is -0.0689. The van der Waals surface area contributed by atoms with Gasteiger partial charge in [0, 0.05) is 6.20 Å². The molecule has 0 saturated heterocycles. The highest BCUT2D eigenvalue weighted by Crippen LogP contribution is 2.32. The maximum atomic E-state index is 13.0. The first-order chi connectivity index (χ1) is 17.5. The minimum Gasteiger partial charge on any atom is -0.489 e. The normalized spacial score (nSPS) is 13.1. The second-order valence-corrected chi connectivity index (χ2v) is 11.4. The molecule has 3 aromatic rings. The number of nitrogens with zero attached hydrogens (tertiary/aromatic N) is 1. The number of amides is 2. The Morgan fingerprint density at radius 2 is 1.84 bits per heavy atom. The van der Waals surface area contributed by atoms with Gasteiger partial charge < -0.3 is 20.5 Å². The lowest BCUT2D eigenvalue weighted by molar-refractivity contribution is -0.137. The van der Waals surface area contributed by atoms with E-state index in [4.69, 9.17) is 4.74 Å². The van der Waals surface area contributed by atoms with E-state index in [1.807, 2.05) is 50.2 Å². The van der Waals surface area contributed by atoms with Crippen LogP contribution < -0.4 is 15.4 Å². The number of benzene rings is 2. The summed E-state index contributed by atoms with van der Waals surface area (Å²) >= 11 is 1.36. The third kappa shape index (κ3) is 7.63. The third-order valence-electron chi connectivity index (χ3n) is 6.01. The molecule has 0 aliphatic carbocycles. The summed E-state index contributed by atoms with van der Waals surface area (Å²) in [5, 5.41) is 16.2. The van der Waals surface area contributed by atoms with E-state index in [1.165, 1.54) is 16.9 Å². The molecule has 2 amide bonds. The van der Waals surface area contributed by atoms with Crippen LogP contribution in [0.4, 0.5) is 5.13 Å². The highest BCUT2D eigenvalue weighted by molar-refractivity contribution is 7.19. The van der Waals surface area contributed by atoms with Crippen molar-refractivity contribution in [2.24, 2.45) is 5.41 Å². The fourth-order valence-corrected chi connectivity index (χ4v) is 4.73. The monoisotopic (exact) mass is 523 g/mol. The lowest BCUT2D eigenvalue weighted by atomic mass is 9.88. The number of hydrogen-bond donors (Lipinski definition) is 3. The Kier molecular flexibility index (Phi) is 9.45. The topological polar surface area (TPSA) is 101 Å². The smallest absolute Gasteiger partial charge is 0.250 e. The molecule has 2 aromatic carbocycles. The second kappa shape index (κ2) is 12.3. The Morgan fingerprint density at radius 3 is 2.51 bits per heavy atom. The SMILES string of the molecule is CCC[C@H](NC(=O)[C@@H](O)C(C)(C)C)C(=O)Nc1ncc(-c2ccccc2COc2ccc(C)cc2C)s1. The lowest BCUT2D eigenvalue weighted by Gasteiger charge is -2.26. The summed E-state index contributed by atoms with van der Waals surface area (Å²) in [6, 6.07) is 13.3. The minimum absolute atomic E-state index is 0.358. The van der Waals surface area contributed by atoms with Gasteiger partial charge in [0.25, 0.3) is 0 Å². The molecule has 0 fully saturated rings. The molecule has 1 aromatic heterocycles. The summed E-state index contributed by atoms with van der Waals surface area (Å²) in [7, 11) is 0. The summed E-state index contributed by atoms with van der Waals surface area (Å²) in [5.41, 5.74) is 3.64. The number of aryl methyl sites for hydroxylation is 2. The summed E-state index contributed by atoms with van der Waals surface area (Å²) < 4.78 is 6.10. The maximum Gasteiger partial charge on any atom is 0.250 e. The largest absolute Gasteiger partial charge is 0.489 e. The number of ether oxygens (including phenoxy) is 1. The number of aliphatic hydroxyl groups is 1. The number of nitrogens with one attached hydrogen (secondary N) is 2. The maximum absolute atomic E-state index is 13.0. The van der Waals surface area contributed by atoms with Crippen LogP contribution in [-0.2, 0) is 16.2 Å². The molecule has 1 heterocycles. The van der Waals surface area contributed by atoms with Crippen molar-refractivity contribution in [1.82, 2.24) is 10.3 Å². The van der Waals surface area contributed by atoms with Gasteiger partial charge in [0.05, 0.1) is 4.88 Å². The van der Waals surface area contributed by atoms with Gasteiger partial charge in [0.15, 0.2) is 5.13 Å². The summed E-state index contributed by atoms with van der Waals surface area (Å²) in [6.45, 7) is 11.7. The molecule has 0 spiro atoms. The van der Waals surface area contributed by atoms with Gasteiger partial charge in [-0.1, -0.05) is 87.4 Å². The number of aliphatic hydroxyl groups excluding tert-OH is 1. The molecular formula is C29H37N3O4S. The van der Waals surface area contributed by atoms with Crippen LogP contribution in [0.5, 0.6) is 5.75 Å². The molecule has 3 rings (SSSR count). The number of carbonyl (C=O) groups excluding carboxylic acids is 2. The van der Waals surface area contributed by atoms with Crippen molar-refractivity contribution in [3.8, 4) is 16.2 Å². The first-order valence-electron chi connectivity index (χ1n) is 12.5. The van der Waals surface area contributed by atoms with Crippen molar-refractivity contribution in [2.75, 3.05) is 5.32 Å². The number of carbonyl (C=O) groups is 2. The van der Waals surface area contributed by atoms with Crippen LogP contribution >= 0.6 is 11.3 Å². The van der Waals surface area contributed by atoms with Gasteiger partial charge in [-0.05, 0) is 48.4 Å². The van der Waals surface area contributed by atoms with Gasteiger partial charge in [-0.25, -0.2) is 4.98 Å². The average molecular weight is 524 g/mol. The molecule has 0 bridgehead atoms. The zero-order chi connectivity index (χ0) is 27.2. The van der Waals surface area contributed by atoms with E-state index in [9.17, 15) is 14.7 Å². The van der Waals surface area contributed by atoms with Gasteiger partial charge in [-0.3, -0.25) is 9.59 Å². The van der Waals surface area contributed by atoms with E-state index >= 15 is 0 Å². The molecule has 0 aliphatic heterocycles. The molecule has 0 aliphatic rings. The van der Waals surface area contributed by atoms with Crippen LogP contribution in [-0.4, -0.2) is 34.1 Å². The van der Waals surface area contributed by atoms with Crippen molar-refractivity contribution < 1.29 is 19.4 Å². The first kappa shape index (κ1) is 28.3. The third-order valence-corrected chi connectivity index (χ3v) is 6.96. The summed E-state index contributed by atoms with van der Waals surface area (Å²) in [4.78, 5) is 30.8. The highest BCUT2D eigenvalue weighted by atomic mass is 32.1. The molecule has 0 unspecified atom stereocenters. The van der Waals surface area contributed by atoms with Gasteiger partial charge in [-0.15, -0.1) is 0 Å². The van der Waals surface area contributed by atoms with Gasteiger partial charge in [0.2, 0.25) is 11.8 Å². The zero-order valence-electron chi connectivity index (χ0n) is 22.4. The molecule has 0 saturated carbocycles. The van der Waals surface area contributed by atoms with Crippen LogP contribution in [0.2, 0.25) is 0 Å². The van der Waals surface area contributed by atoms with E-state index in [1.54, 1.807) is 27.0 Å². The molecular weight excluding hydrogens is 486 g/mol. The number of hydrogen-bond acceptors (Lipinski definition) is 6. The Hall–Kier alpha value is -3.23. The number of rotatable bonds is 10. The van der Waals surface area contributed by atoms with Crippen LogP contribution in [0.15, 0.2) is 48.7 Å². The highest BCUT2D eigenvalue weighted by Gasteiger charge is 2.32.